The molecule has 0 unspecified atom stereocenters. The molecule has 2 heterocycles. The average Bonchev–Trinajstić information content (AvgIpc) is 3.11. The van der Waals surface area contributed by atoms with Crippen LogP contribution in [0.25, 0.3) is 11.0 Å². The van der Waals surface area contributed by atoms with Crippen molar-refractivity contribution in [3.05, 3.63) is 71.7 Å². The van der Waals surface area contributed by atoms with Crippen molar-refractivity contribution in [2.45, 2.75) is 32.2 Å². The van der Waals surface area contributed by atoms with Crippen LogP contribution < -0.4 is 0 Å². The van der Waals surface area contributed by atoms with E-state index in [1.165, 1.54) is 5.56 Å². The molecule has 2 atom stereocenters. The van der Waals surface area contributed by atoms with Crippen LogP contribution in [0.5, 0.6) is 0 Å². The minimum atomic E-state index is -0.123. The van der Waals surface area contributed by atoms with Gasteiger partial charge in [-0.3, -0.25) is 4.90 Å². The van der Waals surface area contributed by atoms with E-state index in [0.29, 0.717) is 5.92 Å². The predicted octanol–water partition coefficient (Wildman–Crippen LogP) is 5.59. The Morgan fingerprint density at radius 2 is 1.96 bits per heavy atom. The van der Waals surface area contributed by atoms with Crippen molar-refractivity contribution in [3.8, 4) is 0 Å². The quantitative estimate of drug-likeness (QED) is 0.617. The molecule has 1 aliphatic rings. The number of benzene rings is 2. The molecule has 4 rings (SSSR count). The third kappa shape index (κ3) is 3.21. The van der Waals surface area contributed by atoms with E-state index in [1.54, 1.807) is 12.3 Å². The first-order valence-corrected chi connectivity index (χ1v) is 9.18. The second-order valence-corrected chi connectivity index (χ2v) is 7.08. The minimum Gasteiger partial charge on any atom is -0.464 e. The van der Waals surface area contributed by atoms with Gasteiger partial charge in [-0.25, -0.2) is 4.39 Å². The first-order valence-electron chi connectivity index (χ1n) is 9.18. The lowest BCUT2D eigenvalue weighted by atomic mass is 9.78. The smallest absolute Gasteiger partial charge is 0.140 e. The van der Waals surface area contributed by atoms with Crippen molar-refractivity contribution in [1.82, 2.24) is 4.90 Å². The Balaban J connectivity index is 1.58. The summed E-state index contributed by atoms with van der Waals surface area (Å²) in [4.78, 5) is 2.50. The second kappa shape index (κ2) is 7.01. The largest absolute Gasteiger partial charge is 0.464 e. The van der Waals surface area contributed by atoms with Crippen LogP contribution in [0.15, 0.2) is 59.2 Å². The van der Waals surface area contributed by atoms with E-state index in [2.05, 4.69) is 42.2 Å². The van der Waals surface area contributed by atoms with Crippen LogP contribution in [0.3, 0.4) is 0 Å². The molecular weight excluding hydrogens is 313 g/mol. The van der Waals surface area contributed by atoms with Gasteiger partial charge in [0.05, 0.1) is 6.26 Å². The van der Waals surface area contributed by atoms with Crippen LogP contribution in [-0.2, 0) is 6.54 Å². The highest BCUT2D eigenvalue weighted by Crippen LogP contribution is 2.40. The van der Waals surface area contributed by atoms with E-state index < -0.39 is 0 Å². The Hall–Kier alpha value is -2.13. The third-order valence-electron chi connectivity index (χ3n) is 5.57. The number of halogens is 1. The normalized spacial score (nSPS) is 21.7. The molecule has 3 heteroatoms. The highest BCUT2D eigenvalue weighted by Gasteiger charge is 2.32. The first kappa shape index (κ1) is 16.3. The van der Waals surface area contributed by atoms with Crippen molar-refractivity contribution >= 4 is 11.0 Å². The molecule has 0 radical (unpaired) electrons. The molecule has 25 heavy (non-hydrogen) atoms. The Kier molecular flexibility index (Phi) is 4.58. The molecule has 3 aromatic rings. The number of hydrogen-bond acceptors (Lipinski definition) is 2. The fourth-order valence-electron chi connectivity index (χ4n) is 4.26. The molecule has 1 fully saturated rings. The van der Waals surface area contributed by atoms with E-state index in [0.717, 1.165) is 49.0 Å². The minimum absolute atomic E-state index is 0.123. The van der Waals surface area contributed by atoms with Crippen LogP contribution in [-0.4, -0.2) is 18.0 Å². The van der Waals surface area contributed by atoms with Crippen LogP contribution in [0.2, 0.25) is 0 Å². The number of likely N-dealkylation sites (tertiary alicyclic amines) is 1. The molecule has 1 aromatic heterocycles. The van der Waals surface area contributed by atoms with Crippen molar-refractivity contribution < 1.29 is 8.81 Å². The molecular formula is C22H24FNO. The molecule has 2 aromatic carbocycles. The summed E-state index contributed by atoms with van der Waals surface area (Å²) >= 11 is 0. The van der Waals surface area contributed by atoms with E-state index in [1.807, 2.05) is 12.1 Å². The Labute approximate surface area is 148 Å². The van der Waals surface area contributed by atoms with Crippen LogP contribution in [0.4, 0.5) is 4.39 Å². The van der Waals surface area contributed by atoms with E-state index in [9.17, 15) is 4.39 Å². The maximum absolute atomic E-state index is 14.7. The van der Waals surface area contributed by atoms with Gasteiger partial charge in [0.15, 0.2) is 0 Å². The molecule has 1 saturated heterocycles. The number of fused-ring (bicyclic) bond motifs is 1. The van der Waals surface area contributed by atoms with Gasteiger partial charge in [-0.2, -0.15) is 0 Å². The molecule has 0 spiro atoms. The van der Waals surface area contributed by atoms with Gasteiger partial charge in [-0.1, -0.05) is 43.7 Å². The topological polar surface area (TPSA) is 16.4 Å². The maximum Gasteiger partial charge on any atom is 0.140 e. The Morgan fingerprint density at radius 1 is 1.12 bits per heavy atom. The molecule has 0 aliphatic carbocycles. The fourth-order valence-corrected chi connectivity index (χ4v) is 4.26. The lowest BCUT2D eigenvalue weighted by Crippen LogP contribution is -2.39. The number of nitrogens with zero attached hydrogens (tertiary/aromatic N) is 1. The summed E-state index contributed by atoms with van der Waals surface area (Å²) in [6.07, 6.45) is 3.69. The molecule has 0 bridgehead atoms. The number of rotatable bonds is 4. The van der Waals surface area contributed by atoms with Crippen molar-refractivity contribution in [1.29, 1.82) is 0 Å². The number of hydrogen-bond donors (Lipinski definition) is 0. The monoisotopic (exact) mass is 337 g/mol. The van der Waals surface area contributed by atoms with Gasteiger partial charge in [-0.05, 0) is 48.6 Å². The summed E-state index contributed by atoms with van der Waals surface area (Å²) < 4.78 is 20.3. The van der Waals surface area contributed by atoms with Gasteiger partial charge in [0.2, 0.25) is 0 Å². The highest BCUT2D eigenvalue weighted by atomic mass is 19.1. The van der Waals surface area contributed by atoms with Crippen molar-refractivity contribution in [2.24, 2.45) is 5.92 Å². The van der Waals surface area contributed by atoms with Gasteiger partial charge in [0.1, 0.15) is 11.4 Å². The van der Waals surface area contributed by atoms with Crippen LogP contribution in [0.1, 0.15) is 36.8 Å². The van der Waals surface area contributed by atoms with Crippen LogP contribution >= 0.6 is 0 Å². The van der Waals surface area contributed by atoms with Gasteiger partial charge in [0.25, 0.3) is 0 Å². The Morgan fingerprint density at radius 3 is 2.76 bits per heavy atom. The molecule has 2 nitrogen and oxygen atoms in total. The van der Waals surface area contributed by atoms with Gasteiger partial charge >= 0.3 is 0 Å². The van der Waals surface area contributed by atoms with E-state index in [4.69, 9.17) is 4.42 Å². The summed E-state index contributed by atoms with van der Waals surface area (Å²) in [7, 11) is 0. The molecule has 130 valence electrons. The molecule has 0 saturated carbocycles. The first-order chi connectivity index (χ1) is 12.3. The third-order valence-corrected chi connectivity index (χ3v) is 5.57. The fraction of sp³-hybridized carbons (Fsp3) is 0.364. The second-order valence-electron chi connectivity index (χ2n) is 7.08. The molecule has 0 amide bonds. The number of furan rings is 1. The highest BCUT2D eigenvalue weighted by molar-refractivity contribution is 5.81. The van der Waals surface area contributed by atoms with E-state index in [-0.39, 0.29) is 11.7 Å². The van der Waals surface area contributed by atoms with Gasteiger partial charge in [-0.15, -0.1) is 0 Å². The maximum atomic E-state index is 14.7. The standard InChI is InChI=1S/C22H24FNO/c1-2-17-15-24(14-16-6-4-3-5-7-16)12-10-19(17)21-20(23)9-8-18-11-13-25-22(18)21/h3-9,11,13,17,19H,2,10,12,14-15H2,1H3/t17-,19+/m1/s1. The number of piperidine rings is 1. The SMILES string of the molecule is CC[C@@H]1CN(Cc2ccccc2)CC[C@@H]1c1c(F)ccc2ccoc12. The zero-order valence-electron chi connectivity index (χ0n) is 14.6. The van der Waals surface area contributed by atoms with E-state index >= 15 is 0 Å². The summed E-state index contributed by atoms with van der Waals surface area (Å²) in [5, 5.41) is 0.998. The lowest BCUT2D eigenvalue weighted by Gasteiger charge is -2.38. The zero-order chi connectivity index (χ0) is 17.2. The zero-order valence-corrected chi connectivity index (χ0v) is 14.6. The lowest BCUT2D eigenvalue weighted by molar-refractivity contribution is 0.142. The summed E-state index contributed by atoms with van der Waals surface area (Å²) in [6.45, 7) is 5.18. The van der Waals surface area contributed by atoms with Gasteiger partial charge in [0, 0.05) is 24.0 Å². The predicted molar refractivity (Wildman–Crippen MR) is 99.0 cm³/mol. The molecule has 1 aliphatic heterocycles. The summed E-state index contributed by atoms with van der Waals surface area (Å²) in [6, 6.07) is 15.9. The average molecular weight is 337 g/mol. The summed E-state index contributed by atoms with van der Waals surface area (Å²) in [5.41, 5.74) is 2.86. The van der Waals surface area contributed by atoms with Gasteiger partial charge < -0.3 is 4.42 Å². The van der Waals surface area contributed by atoms with Crippen molar-refractivity contribution in [3.63, 3.8) is 0 Å². The Bertz CT molecular complexity index is 842. The van der Waals surface area contributed by atoms with Crippen molar-refractivity contribution in [2.75, 3.05) is 13.1 Å². The summed E-state index contributed by atoms with van der Waals surface area (Å²) in [5.74, 6) is 0.553. The molecule has 0 N–H and O–H groups in total. The van der Waals surface area contributed by atoms with Crippen LogP contribution in [0, 0.1) is 11.7 Å².